The van der Waals surface area contributed by atoms with Gasteiger partial charge in [0, 0.05) is 6.42 Å². The van der Waals surface area contributed by atoms with Gasteiger partial charge in [0.25, 0.3) is 4.93 Å². The molecule has 1 aliphatic carbocycles. The van der Waals surface area contributed by atoms with Gasteiger partial charge in [0.15, 0.2) is 5.78 Å². The van der Waals surface area contributed by atoms with E-state index in [1.54, 1.807) is 0 Å². The molecule has 7 heteroatoms. The van der Waals surface area contributed by atoms with Gasteiger partial charge < -0.3 is 0 Å². The summed E-state index contributed by atoms with van der Waals surface area (Å²) in [4.78, 5) is 18.9. The van der Waals surface area contributed by atoms with Crippen LogP contribution in [0.1, 0.15) is 32.6 Å². The summed E-state index contributed by atoms with van der Waals surface area (Å²) in [5.41, 5.74) is -1.50. The lowest BCUT2D eigenvalue weighted by Crippen LogP contribution is -2.74. The summed E-state index contributed by atoms with van der Waals surface area (Å²) in [7, 11) is -4.46. The van der Waals surface area contributed by atoms with E-state index in [1.807, 2.05) is 0 Å². The van der Waals surface area contributed by atoms with E-state index in [1.165, 1.54) is 6.92 Å². The SMILES string of the molecule is CC(=O)C12CCCCC1(S(=O)(=O)O)OO2. The highest BCUT2D eigenvalue weighted by molar-refractivity contribution is 7.87. The van der Waals surface area contributed by atoms with E-state index in [0.29, 0.717) is 12.8 Å². The molecule has 6 nitrogen and oxygen atoms in total. The average Bonchev–Trinajstić information content (AvgIpc) is 2.04. The van der Waals surface area contributed by atoms with Gasteiger partial charge in [-0.1, -0.05) is 0 Å². The van der Waals surface area contributed by atoms with Gasteiger partial charge in [0.1, 0.15) is 0 Å². The zero-order chi connectivity index (χ0) is 11.3. The number of ketones is 1. The Morgan fingerprint density at radius 2 is 1.87 bits per heavy atom. The van der Waals surface area contributed by atoms with E-state index in [2.05, 4.69) is 4.89 Å². The Bertz CT molecular complexity index is 401. The number of hydrogen-bond acceptors (Lipinski definition) is 5. The number of hydrogen-bond donors (Lipinski definition) is 1. The molecular formula is C8H12O6S. The van der Waals surface area contributed by atoms with Crippen molar-refractivity contribution in [2.45, 2.75) is 43.1 Å². The van der Waals surface area contributed by atoms with Crippen molar-refractivity contribution < 1.29 is 27.5 Å². The van der Waals surface area contributed by atoms with Gasteiger partial charge >= 0.3 is 10.1 Å². The first-order valence-corrected chi connectivity index (χ1v) is 6.15. The first-order chi connectivity index (χ1) is 6.86. The monoisotopic (exact) mass is 236 g/mol. The summed E-state index contributed by atoms with van der Waals surface area (Å²) in [6.45, 7) is 1.24. The molecule has 0 aromatic rings. The fraction of sp³-hybridized carbons (Fsp3) is 0.875. The summed E-state index contributed by atoms with van der Waals surface area (Å²) in [6.07, 6.45) is 1.62. The van der Waals surface area contributed by atoms with Crippen molar-refractivity contribution in [3.05, 3.63) is 0 Å². The van der Waals surface area contributed by atoms with Crippen molar-refractivity contribution in [2.24, 2.45) is 0 Å². The van der Waals surface area contributed by atoms with Crippen molar-refractivity contribution >= 4 is 15.9 Å². The van der Waals surface area contributed by atoms with Crippen LogP contribution in [-0.2, 0) is 24.7 Å². The predicted octanol–water partition coefficient (Wildman–Crippen LogP) is 0.434. The number of Topliss-reactive ketones (excluding diaryl/α,β-unsaturated/α-hetero) is 1. The standard InChI is InChI=1S/C8H12O6S/c1-6(9)7-4-2-3-5-8(7,14-13-7)15(10,11)12/h2-5H2,1H3,(H,10,11,12). The van der Waals surface area contributed by atoms with Crippen LogP contribution in [0.25, 0.3) is 0 Å². The number of carbonyl (C=O) groups excluding carboxylic acids is 1. The molecule has 1 saturated heterocycles. The molecule has 15 heavy (non-hydrogen) atoms. The van der Waals surface area contributed by atoms with Gasteiger partial charge in [-0.25, -0.2) is 9.78 Å². The molecule has 1 heterocycles. The smallest absolute Gasteiger partial charge is 0.296 e. The molecule has 2 aliphatic rings. The zero-order valence-electron chi connectivity index (χ0n) is 8.23. The van der Waals surface area contributed by atoms with E-state index in [0.717, 1.165) is 0 Å². The van der Waals surface area contributed by atoms with Crippen molar-refractivity contribution in [3.8, 4) is 0 Å². The first-order valence-electron chi connectivity index (χ1n) is 4.71. The third kappa shape index (κ3) is 1.14. The van der Waals surface area contributed by atoms with Crippen molar-refractivity contribution in [1.29, 1.82) is 0 Å². The number of rotatable bonds is 2. The van der Waals surface area contributed by atoms with Crippen LogP contribution in [0.3, 0.4) is 0 Å². The Kier molecular flexibility index (Phi) is 2.20. The minimum Gasteiger partial charge on any atom is -0.296 e. The van der Waals surface area contributed by atoms with E-state index < -0.39 is 26.4 Å². The molecule has 0 radical (unpaired) electrons. The average molecular weight is 236 g/mol. The molecule has 1 aliphatic heterocycles. The van der Waals surface area contributed by atoms with Crippen LogP contribution in [0.2, 0.25) is 0 Å². The lowest BCUT2D eigenvalue weighted by Gasteiger charge is -2.54. The number of fused-ring (bicyclic) bond motifs is 1. The van der Waals surface area contributed by atoms with Gasteiger partial charge in [-0.2, -0.15) is 8.42 Å². The van der Waals surface area contributed by atoms with Crippen LogP contribution >= 0.6 is 0 Å². The van der Waals surface area contributed by atoms with Crippen LogP contribution in [0.15, 0.2) is 0 Å². The summed E-state index contributed by atoms with van der Waals surface area (Å²) in [5, 5.41) is 0. The fourth-order valence-electron chi connectivity index (χ4n) is 2.33. The maximum absolute atomic E-state index is 11.5. The Morgan fingerprint density at radius 1 is 1.27 bits per heavy atom. The third-order valence-corrected chi connectivity index (χ3v) is 4.64. The molecule has 1 N–H and O–H groups in total. The summed E-state index contributed by atoms with van der Waals surface area (Å²) in [6, 6.07) is 0. The van der Waals surface area contributed by atoms with Crippen molar-refractivity contribution in [3.63, 3.8) is 0 Å². The molecule has 2 atom stereocenters. The van der Waals surface area contributed by atoms with Crippen molar-refractivity contribution in [2.75, 3.05) is 0 Å². The van der Waals surface area contributed by atoms with Gasteiger partial charge in [-0.3, -0.25) is 9.35 Å². The highest BCUT2D eigenvalue weighted by Gasteiger charge is 2.75. The summed E-state index contributed by atoms with van der Waals surface area (Å²) < 4.78 is 31.7. The minimum atomic E-state index is -4.46. The Morgan fingerprint density at radius 3 is 2.20 bits per heavy atom. The molecule has 1 saturated carbocycles. The van der Waals surface area contributed by atoms with Crippen molar-refractivity contribution in [1.82, 2.24) is 0 Å². The van der Waals surface area contributed by atoms with E-state index in [-0.39, 0.29) is 12.8 Å². The lowest BCUT2D eigenvalue weighted by atomic mass is 9.77. The maximum atomic E-state index is 11.5. The minimum absolute atomic E-state index is 0.0887. The molecule has 2 rings (SSSR count). The predicted molar refractivity (Wildman–Crippen MR) is 48.3 cm³/mol. The maximum Gasteiger partial charge on any atom is 0.302 e. The largest absolute Gasteiger partial charge is 0.302 e. The second-order valence-electron chi connectivity index (χ2n) is 3.98. The molecule has 0 bridgehead atoms. The van der Waals surface area contributed by atoms with E-state index in [9.17, 15) is 13.2 Å². The second-order valence-corrected chi connectivity index (χ2v) is 5.59. The fourth-order valence-corrected chi connectivity index (χ4v) is 3.54. The molecule has 86 valence electrons. The highest BCUT2D eigenvalue weighted by atomic mass is 32.2. The van der Waals surface area contributed by atoms with Gasteiger partial charge in [-0.05, 0) is 26.2 Å². The van der Waals surface area contributed by atoms with Crippen LogP contribution in [-0.4, -0.2) is 29.3 Å². The highest BCUT2D eigenvalue weighted by Crippen LogP contribution is 2.53. The number of carbonyl (C=O) groups is 1. The van der Waals surface area contributed by atoms with Crippen LogP contribution < -0.4 is 0 Å². The molecule has 0 amide bonds. The van der Waals surface area contributed by atoms with E-state index in [4.69, 9.17) is 9.44 Å². The second kappa shape index (κ2) is 3.00. The van der Waals surface area contributed by atoms with Gasteiger partial charge in [0.2, 0.25) is 5.60 Å². The molecule has 0 aromatic carbocycles. The molecule has 0 aromatic heterocycles. The van der Waals surface area contributed by atoms with Gasteiger partial charge in [0.05, 0.1) is 0 Å². The summed E-state index contributed by atoms with van der Waals surface area (Å²) >= 11 is 0. The van der Waals surface area contributed by atoms with E-state index >= 15 is 0 Å². The summed E-state index contributed by atoms with van der Waals surface area (Å²) in [5.74, 6) is -0.425. The molecule has 2 unspecified atom stereocenters. The van der Waals surface area contributed by atoms with Gasteiger partial charge in [-0.15, -0.1) is 0 Å². The van der Waals surface area contributed by atoms with Crippen LogP contribution in [0.4, 0.5) is 0 Å². The third-order valence-electron chi connectivity index (χ3n) is 3.20. The molecule has 0 spiro atoms. The van der Waals surface area contributed by atoms with Crippen LogP contribution in [0, 0.1) is 0 Å². The Hall–Kier alpha value is -0.500. The Balaban J connectivity index is 2.50. The quantitative estimate of drug-likeness (QED) is 0.552. The molecular weight excluding hydrogens is 224 g/mol. The molecule has 2 fully saturated rings. The topological polar surface area (TPSA) is 89.9 Å². The first kappa shape index (κ1) is 11.0. The zero-order valence-corrected chi connectivity index (χ0v) is 9.04. The lowest BCUT2D eigenvalue weighted by molar-refractivity contribution is -0.517. The Labute approximate surface area is 87.2 Å². The normalized spacial score (nSPS) is 40.4. The van der Waals surface area contributed by atoms with Crippen LogP contribution in [0.5, 0.6) is 0 Å².